The van der Waals surface area contributed by atoms with Crippen LogP contribution in [0.5, 0.6) is 0 Å². The molecule has 2 heterocycles. The van der Waals surface area contributed by atoms with Gasteiger partial charge in [-0.1, -0.05) is 41.9 Å². The molecule has 2 aromatic carbocycles. The van der Waals surface area contributed by atoms with Crippen molar-refractivity contribution in [3.8, 4) is 6.07 Å². The summed E-state index contributed by atoms with van der Waals surface area (Å²) >= 11 is 6.04. The molecule has 0 fully saturated rings. The first-order valence-electron chi connectivity index (χ1n) is 9.01. The lowest BCUT2D eigenvalue weighted by Crippen LogP contribution is -2.10. The maximum atomic E-state index is 9.46. The van der Waals surface area contributed by atoms with E-state index in [0.29, 0.717) is 22.9 Å². The van der Waals surface area contributed by atoms with Gasteiger partial charge in [-0.2, -0.15) is 5.26 Å². The van der Waals surface area contributed by atoms with E-state index in [2.05, 4.69) is 50.2 Å². The second-order valence-corrected chi connectivity index (χ2v) is 6.89. The molecule has 1 N–H and O–H groups in total. The quantitative estimate of drug-likeness (QED) is 0.515. The zero-order valence-electron chi connectivity index (χ0n) is 15.1. The number of anilines is 1. The number of fused-ring (bicyclic) bond motifs is 1. The van der Waals surface area contributed by atoms with Crippen LogP contribution in [0, 0.1) is 11.3 Å². The van der Waals surface area contributed by atoms with E-state index in [1.54, 1.807) is 24.4 Å². The van der Waals surface area contributed by atoms with Crippen LogP contribution in [-0.2, 0) is 19.5 Å². The molecule has 0 amide bonds. The number of nitriles is 1. The predicted octanol–water partition coefficient (Wildman–Crippen LogP) is 4.81. The molecule has 0 saturated heterocycles. The number of rotatable bonds is 6. The molecule has 138 valence electrons. The Morgan fingerprint density at radius 2 is 1.96 bits per heavy atom. The van der Waals surface area contributed by atoms with E-state index in [0.717, 1.165) is 29.7 Å². The highest BCUT2D eigenvalue weighted by atomic mass is 35.5. The Labute approximate surface area is 168 Å². The van der Waals surface area contributed by atoms with E-state index < -0.39 is 0 Å². The Balaban J connectivity index is 1.49. The summed E-state index contributed by atoms with van der Waals surface area (Å²) in [4.78, 5) is 9.04. The summed E-state index contributed by atoms with van der Waals surface area (Å²) in [6, 6.07) is 19.7. The maximum absolute atomic E-state index is 9.46. The van der Waals surface area contributed by atoms with Gasteiger partial charge < -0.3 is 9.88 Å². The maximum Gasteiger partial charge on any atom is 0.128 e. The van der Waals surface area contributed by atoms with Crippen LogP contribution in [0.4, 0.5) is 5.82 Å². The Kier molecular flexibility index (Phi) is 5.22. The molecule has 0 aliphatic carbocycles. The fourth-order valence-electron chi connectivity index (χ4n) is 3.16. The van der Waals surface area contributed by atoms with Crippen molar-refractivity contribution in [1.82, 2.24) is 14.5 Å². The first kappa shape index (κ1) is 18.0. The van der Waals surface area contributed by atoms with Crippen LogP contribution in [-0.4, -0.2) is 14.5 Å². The van der Waals surface area contributed by atoms with Gasteiger partial charge in [0.1, 0.15) is 11.6 Å². The Morgan fingerprint density at radius 3 is 2.79 bits per heavy atom. The van der Waals surface area contributed by atoms with Crippen LogP contribution in [0.15, 0.2) is 67.0 Å². The molecular weight excluding hydrogens is 370 g/mol. The van der Waals surface area contributed by atoms with Gasteiger partial charge in [0.25, 0.3) is 0 Å². The smallest absolute Gasteiger partial charge is 0.128 e. The molecule has 0 saturated carbocycles. The molecule has 0 aliphatic rings. The van der Waals surface area contributed by atoms with Gasteiger partial charge in [-0.25, -0.2) is 9.97 Å². The molecule has 0 unspecified atom stereocenters. The Hall–Kier alpha value is -3.36. The van der Waals surface area contributed by atoms with E-state index in [4.69, 9.17) is 11.6 Å². The number of hydrogen-bond acceptors (Lipinski definition) is 4. The number of aryl methyl sites for hydroxylation is 2. The third-order valence-electron chi connectivity index (χ3n) is 4.60. The van der Waals surface area contributed by atoms with Gasteiger partial charge in [0.05, 0.1) is 23.7 Å². The van der Waals surface area contributed by atoms with E-state index in [9.17, 15) is 5.26 Å². The Bertz CT molecular complexity index is 1140. The zero-order valence-corrected chi connectivity index (χ0v) is 15.9. The second kappa shape index (κ2) is 8.12. The fourth-order valence-corrected chi connectivity index (χ4v) is 3.33. The lowest BCUT2D eigenvalue weighted by Gasteiger charge is -2.11. The molecule has 2 aromatic heterocycles. The Morgan fingerprint density at radius 1 is 1.11 bits per heavy atom. The fraction of sp³-hybridized carbons (Fsp3) is 0.136. The third-order valence-corrected chi connectivity index (χ3v) is 4.84. The molecule has 0 atom stereocenters. The van der Waals surface area contributed by atoms with Crippen LogP contribution < -0.4 is 5.32 Å². The lowest BCUT2D eigenvalue weighted by atomic mass is 10.1. The minimum Gasteiger partial charge on any atom is -0.363 e. The first-order valence-corrected chi connectivity index (χ1v) is 9.39. The van der Waals surface area contributed by atoms with Crippen LogP contribution >= 0.6 is 11.6 Å². The number of benzene rings is 2. The van der Waals surface area contributed by atoms with Crippen LogP contribution in [0.1, 0.15) is 17.0 Å². The highest BCUT2D eigenvalue weighted by molar-refractivity contribution is 6.31. The number of nitrogens with zero attached hydrogens (tertiary/aromatic N) is 4. The number of imidazole rings is 1. The number of nitrogens with one attached hydrogen (secondary N) is 1. The van der Waals surface area contributed by atoms with Crippen LogP contribution in [0.3, 0.4) is 0 Å². The predicted molar refractivity (Wildman–Crippen MR) is 111 cm³/mol. The monoisotopic (exact) mass is 387 g/mol. The molecule has 4 aromatic rings. The lowest BCUT2D eigenvalue weighted by molar-refractivity contribution is 0.658. The highest BCUT2D eigenvalue weighted by Crippen LogP contribution is 2.24. The molecule has 0 spiro atoms. The number of aromatic nitrogens is 3. The third kappa shape index (κ3) is 3.98. The van der Waals surface area contributed by atoms with Crippen LogP contribution in [0.25, 0.3) is 10.9 Å². The summed E-state index contributed by atoms with van der Waals surface area (Å²) in [5.41, 5.74) is 2.57. The second-order valence-electron chi connectivity index (χ2n) is 6.45. The summed E-state index contributed by atoms with van der Waals surface area (Å²) in [6.07, 6.45) is 4.73. The molecule has 0 aliphatic heterocycles. The molecule has 0 bridgehead atoms. The van der Waals surface area contributed by atoms with E-state index in [1.165, 1.54) is 5.56 Å². The van der Waals surface area contributed by atoms with Gasteiger partial charge in [-0.15, -0.1) is 0 Å². The number of pyridine rings is 1. The van der Waals surface area contributed by atoms with Crippen molar-refractivity contribution in [2.75, 3.05) is 5.32 Å². The first-order chi connectivity index (χ1) is 13.7. The molecule has 5 nitrogen and oxygen atoms in total. The summed E-state index contributed by atoms with van der Waals surface area (Å²) < 4.78 is 2.13. The van der Waals surface area contributed by atoms with Crippen LogP contribution in [0.2, 0.25) is 5.02 Å². The van der Waals surface area contributed by atoms with Crippen molar-refractivity contribution in [2.45, 2.75) is 19.5 Å². The number of hydrogen-bond donors (Lipinski definition) is 1. The van der Waals surface area contributed by atoms with Gasteiger partial charge in [0.15, 0.2) is 0 Å². The summed E-state index contributed by atoms with van der Waals surface area (Å²) in [5.74, 6) is 1.57. The van der Waals surface area contributed by atoms with E-state index in [1.807, 2.05) is 18.3 Å². The number of halogens is 1. The molecule has 4 rings (SSSR count). The standard InChI is InChI=1S/C22H18ClN5/c23-18-6-7-20-19(13-18)17(14-24)12-21(27-20)26-15-22-25-9-11-28(22)10-8-16-4-2-1-3-5-16/h1-7,9,11-13H,8,10,15H2,(H,26,27). The van der Waals surface area contributed by atoms with E-state index >= 15 is 0 Å². The molecule has 0 radical (unpaired) electrons. The average molecular weight is 388 g/mol. The van der Waals surface area contributed by atoms with Crippen molar-refractivity contribution in [3.63, 3.8) is 0 Å². The summed E-state index contributed by atoms with van der Waals surface area (Å²) in [5, 5.41) is 14.1. The van der Waals surface area contributed by atoms with Crippen molar-refractivity contribution in [3.05, 3.63) is 89.0 Å². The van der Waals surface area contributed by atoms with Gasteiger partial charge in [-0.3, -0.25) is 0 Å². The van der Waals surface area contributed by atoms with E-state index in [-0.39, 0.29) is 0 Å². The molecule has 28 heavy (non-hydrogen) atoms. The van der Waals surface area contributed by atoms with Gasteiger partial charge in [-0.05, 0) is 36.2 Å². The average Bonchev–Trinajstić information content (AvgIpc) is 3.18. The highest BCUT2D eigenvalue weighted by Gasteiger charge is 2.08. The molecule has 6 heteroatoms. The normalized spacial score (nSPS) is 10.7. The largest absolute Gasteiger partial charge is 0.363 e. The topological polar surface area (TPSA) is 66.5 Å². The van der Waals surface area contributed by atoms with Gasteiger partial charge in [0, 0.05) is 29.3 Å². The van der Waals surface area contributed by atoms with Crippen molar-refractivity contribution < 1.29 is 0 Å². The minimum atomic E-state index is 0.527. The summed E-state index contributed by atoms with van der Waals surface area (Å²) in [6.45, 7) is 1.38. The van der Waals surface area contributed by atoms with Crippen molar-refractivity contribution >= 4 is 28.3 Å². The summed E-state index contributed by atoms with van der Waals surface area (Å²) in [7, 11) is 0. The molecular formula is C22H18ClN5. The minimum absolute atomic E-state index is 0.527. The van der Waals surface area contributed by atoms with Crippen molar-refractivity contribution in [1.29, 1.82) is 5.26 Å². The zero-order chi connectivity index (χ0) is 19.3. The van der Waals surface area contributed by atoms with Gasteiger partial charge >= 0.3 is 0 Å². The van der Waals surface area contributed by atoms with Crippen molar-refractivity contribution in [2.24, 2.45) is 0 Å². The SMILES string of the molecule is N#Cc1cc(NCc2nccn2CCc2ccccc2)nc2ccc(Cl)cc12. The van der Waals surface area contributed by atoms with Gasteiger partial charge in [0.2, 0.25) is 0 Å².